The zero-order chi connectivity index (χ0) is 24.9. The van der Waals surface area contributed by atoms with E-state index in [0.29, 0.717) is 33.2 Å². The Kier molecular flexibility index (Phi) is 6.80. The van der Waals surface area contributed by atoms with Crippen molar-refractivity contribution in [3.8, 4) is 0 Å². The number of halogens is 2. The fourth-order valence-corrected chi connectivity index (χ4v) is 5.28. The van der Waals surface area contributed by atoms with Crippen molar-refractivity contribution in [1.29, 1.82) is 0 Å². The Morgan fingerprint density at radius 2 is 1.86 bits per heavy atom. The molecular formula is C24H27Cl2N3O6. The number of rotatable bonds is 7. The van der Waals surface area contributed by atoms with Gasteiger partial charge in [0.1, 0.15) is 41.5 Å². The van der Waals surface area contributed by atoms with Gasteiger partial charge >= 0.3 is 0 Å². The highest BCUT2D eigenvalue weighted by molar-refractivity contribution is 6.33. The summed E-state index contributed by atoms with van der Waals surface area (Å²) in [6, 6.07) is 7.14. The molecule has 0 saturated carbocycles. The molecule has 2 aromatic heterocycles. The molecule has 35 heavy (non-hydrogen) atoms. The van der Waals surface area contributed by atoms with Gasteiger partial charge in [0.15, 0.2) is 18.3 Å². The highest BCUT2D eigenvalue weighted by Crippen LogP contribution is 2.47. The predicted molar refractivity (Wildman–Crippen MR) is 128 cm³/mol. The van der Waals surface area contributed by atoms with Crippen LogP contribution >= 0.6 is 23.2 Å². The fraction of sp³-hybridized carbons (Fsp3) is 0.500. The summed E-state index contributed by atoms with van der Waals surface area (Å²) in [7, 11) is 3.13. The van der Waals surface area contributed by atoms with Crippen LogP contribution in [0.25, 0.3) is 11.0 Å². The number of hydrogen-bond donors (Lipinski definition) is 1. The molecule has 5 atom stereocenters. The molecule has 2 aliphatic rings. The van der Waals surface area contributed by atoms with Gasteiger partial charge in [-0.05, 0) is 43.2 Å². The molecule has 9 nitrogen and oxygen atoms in total. The Morgan fingerprint density at radius 1 is 1.11 bits per heavy atom. The number of ether oxygens (including phenoxy) is 5. The first-order chi connectivity index (χ1) is 16.7. The third-order valence-electron chi connectivity index (χ3n) is 6.45. The highest BCUT2D eigenvalue weighted by atomic mass is 35.5. The van der Waals surface area contributed by atoms with E-state index >= 15 is 0 Å². The van der Waals surface area contributed by atoms with Gasteiger partial charge in [0.25, 0.3) is 0 Å². The minimum absolute atomic E-state index is 0.348. The van der Waals surface area contributed by atoms with E-state index in [-0.39, 0.29) is 0 Å². The average Bonchev–Trinajstić information content (AvgIpc) is 3.48. The standard InChI is InChI=1S/C24H27Cl2N3O6/c1-24(2)34-19-18(17(30)14-6-5-13(25)9-12(14)10-16(31-3)32-4)33-23(20(19)35-24)29-8-7-15-21(26)27-11-28-22(15)29/h5-9,11,16-20,23,30H,10H2,1-4H3/t17-,18+,19+,20+,23+/m0/s1. The number of hydrogen-bond acceptors (Lipinski definition) is 8. The van der Waals surface area contributed by atoms with E-state index in [2.05, 4.69) is 9.97 Å². The summed E-state index contributed by atoms with van der Waals surface area (Å²) >= 11 is 12.5. The molecule has 11 heteroatoms. The van der Waals surface area contributed by atoms with E-state index in [1.807, 2.05) is 30.7 Å². The lowest BCUT2D eigenvalue weighted by Gasteiger charge is -2.28. The van der Waals surface area contributed by atoms with Crippen LogP contribution in [0.1, 0.15) is 37.3 Å². The topological polar surface area (TPSA) is 97.1 Å². The van der Waals surface area contributed by atoms with Crippen molar-refractivity contribution in [2.45, 2.75) is 63.0 Å². The summed E-state index contributed by atoms with van der Waals surface area (Å²) in [5.41, 5.74) is 2.03. The SMILES string of the molecule is COC(Cc1cc(Cl)ccc1[C@H](O)[C@H]1O[C@@H](n2ccc3c(Cl)ncnc32)[C@@H]2OC(C)(C)O[C@@H]21)OC. The van der Waals surface area contributed by atoms with Crippen molar-refractivity contribution in [2.24, 2.45) is 0 Å². The van der Waals surface area contributed by atoms with Crippen LogP contribution < -0.4 is 0 Å². The summed E-state index contributed by atoms with van der Waals surface area (Å²) in [6.45, 7) is 3.68. The molecule has 3 aromatic rings. The normalized spacial score (nSPS) is 26.5. The molecule has 0 amide bonds. The molecule has 1 N–H and O–H groups in total. The van der Waals surface area contributed by atoms with Crippen molar-refractivity contribution in [2.75, 3.05) is 14.2 Å². The minimum Gasteiger partial charge on any atom is -0.386 e. The molecule has 188 valence electrons. The third kappa shape index (κ3) is 4.56. The molecule has 1 aromatic carbocycles. The Morgan fingerprint density at radius 3 is 2.60 bits per heavy atom. The quantitative estimate of drug-likeness (QED) is 0.365. The lowest BCUT2D eigenvalue weighted by atomic mass is 9.93. The smallest absolute Gasteiger partial charge is 0.164 e. The zero-order valence-electron chi connectivity index (χ0n) is 19.7. The fourth-order valence-electron chi connectivity index (χ4n) is 4.89. The maximum Gasteiger partial charge on any atom is 0.164 e. The number of aliphatic hydroxyl groups excluding tert-OH is 1. The molecule has 0 unspecified atom stereocenters. The van der Waals surface area contributed by atoms with E-state index in [1.54, 1.807) is 32.4 Å². The van der Waals surface area contributed by atoms with Crippen molar-refractivity contribution in [3.63, 3.8) is 0 Å². The largest absolute Gasteiger partial charge is 0.386 e. The maximum atomic E-state index is 11.6. The van der Waals surface area contributed by atoms with E-state index < -0.39 is 42.7 Å². The Labute approximate surface area is 212 Å². The molecule has 0 spiro atoms. The van der Waals surface area contributed by atoms with Gasteiger partial charge in [0.05, 0.1) is 5.39 Å². The second-order valence-corrected chi connectivity index (χ2v) is 9.87. The van der Waals surface area contributed by atoms with Crippen LogP contribution in [0.3, 0.4) is 0 Å². The molecule has 5 rings (SSSR count). The van der Waals surface area contributed by atoms with Gasteiger partial charge in [-0.25, -0.2) is 9.97 Å². The number of aromatic nitrogens is 3. The van der Waals surface area contributed by atoms with Crippen LogP contribution in [0.4, 0.5) is 0 Å². The van der Waals surface area contributed by atoms with Crippen LogP contribution in [-0.4, -0.2) is 64.3 Å². The molecule has 0 aliphatic carbocycles. The van der Waals surface area contributed by atoms with Crippen LogP contribution in [0, 0.1) is 0 Å². The molecule has 0 radical (unpaired) electrons. The van der Waals surface area contributed by atoms with Gasteiger partial charge in [-0.2, -0.15) is 0 Å². The Hall–Kier alpha value is -1.82. The van der Waals surface area contributed by atoms with Crippen LogP contribution in [-0.2, 0) is 30.1 Å². The summed E-state index contributed by atoms with van der Waals surface area (Å²) in [5, 5.41) is 13.2. The number of fused-ring (bicyclic) bond motifs is 2. The van der Waals surface area contributed by atoms with Crippen molar-refractivity contribution in [3.05, 3.63) is 58.1 Å². The molecule has 2 aliphatic heterocycles. The summed E-state index contributed by atoms with van der Waals surface area (Å²) in [4.78, 5) is 8.43. The molecule has 2 fully saturated rings. The summed E-state index contributed by atoms with van der Waals surface area (Å²) in [5.74, 6) is -0.856. The van der Waals surface area contributed by atoms with Crippen molar-refractivity contribution >= 4 is 34.2 Å². The summed E-state index contributed by atoms with van der Waals surface area (Å²) in [6.07, 6.45) is -0.276. The number of aliphatic hydroxyl groups is 1. The van der Waals surface area contributed by atoms with Crippen LogP contribution in [0.2, 0.25) is 10.2 Å². The second-order valence-electron chi connectivity index (χ2n) is 9.07. The van der Waals surface area contributed by atoms with E-state index in [4.69, 9.17) is 46.9 Å². The summed E-state index contributed by atoms with van der Waals surface area (Å²) < 4.78 is 31.5. The first-order valence-corrected chi connectivity index (χ1v) is 12.0. The lowest BCUT2D eigenvalue weighted by molar-refractivity contribution is -0.207. The first-order valence-electron chi connectivity index (χ1n) is 11.2. The monoisotopic (exact) mass is 523 g/mol. The van der Waals surface area contributed by atoms with Gasteiger partial charge < -0.3 is 33.4 Å². The highest BCUT2D eigenvalue weighted by Gasteiger charge is 2.58. The van der Waals surface area contributed by atoms with Gasteiger partial charge in [-0.15, -0.1) is 0 Å². The molecular weight excluding hydrogens is 497 g/mol. The second kappa shape index (κ2) is 9.57. The van der Waals surface area contributed by atoms with Gasteiger partial charge in [0.2, 0.25) is 0 Å². The van der Waals surface area contributed by atoms with E-state index in [0.717, 1.165) is 5.56 Å². The molecule has 4 heterocycles. The van der Waals surface area contributed by atoms with Gasteiger partial charge in [0, 0.05) is 31.9 Å². The maximum absolute atomic E-state index is 11.6. The van der Waals surface area contributed by atoms with Crippen LogP contribution in [0.5, 0.6) is 0 Å². The molecule has 0 bridgehead atoms. The number of methoxy groups -OCH3 is 2. The van der Waals surface area contributed by atoms with Crippen molar-refractivity contribution < 1.29 is 28.8 Å². The Bertz CT molecular complexity index is 1220. The van der Waals surface area contributed by atoms with E-state index in [9.17, 15) is 5.11 Å². The predicted octanol–water partition coefficient (Wildman–Crippen LogP) is 4.05. The minimum atomic E-state index is -1.04. The average molecular weight is 524 g/mol. The lowest BCUT2D eigenvalue weighted by Crippen LogP contribution is -2.34. The van der Waals surface area contributed by atoms with Crippen molar-refractivity contribution in [1.82, 2.24) is 14.5 Å². The van der Waals surface area contributed by atoms with Gasteiger partial charge in [-0.1, -0.05) is 29.3 Å². The zero-order valence-corrected chi connectivity index (χ0v) is 21.2. The van der Waals surface area contributed by atoms with E-state index in [1.165, 1.54) is 6.33 Å². The third-order valence-corrected chi connectivity index (χ3v) is 6.98. The molecule has 2 saturated heterocycles. The first kappa shape index (κ1) is 24.9. The number of benzene rings is 1. The number of nitrogens with zero attached hydrogens (tertiary/aromatic N) is 3. The van der Waals surface area contributed by atoms with Gasteiger partial charge in [-0.3, -0.25) is 0 Å². The van der Waals surface area contributed by atoms with Crippen LogP contribution in [0.15, 0.2) is 36.8 Å². The Balaban J connectivity index is 1.51.